The van der Waals surface area contributed by atoms with Crippen molar-refractivity contribution in [2.24, 2.45) is 0 Å². The molecule has 0 saturated carbocycles. The quantitative estimate of drug-likeness (QED) is 0.142. The monoisotopic (exact) mass is 2060 g/mol. The summed E-state index contributed by atoms with van der Waals surface area (Å²) in [6.07, 6.45) is 0. The van der Waals surface area contributed by atoms with Gasteiger partial charge in [0.15, 0.2) is 101 Å². The number of nitrogens with zero attached hydrogens (tertiary/aromatic N) is 7. The van der Waals surface area contributed by atoms with E-state index in [-0.39, 0.29) is 85.3 Å². The molecule has 0 heterocycles. The smallest absolute Gasteiger partial charge is 0.741 e. The molecule has 0 atom stereocenters. The molecule has 0 rings (SSSR count). The Morgan fingerprint density at radius 1 is 0.160 bits per heavy atom. The van der Waals surface area contributed by atoms with Crippen LogP contribution in [0.3, 0.4) is 0 Å². The fourth-order valence-corrected chi connectivity index (χ4v) is 0. The van der Waals surface area contributed by atoms with Crippen LogP contribution in [0.15, 0.2) is 0 Å². The molecule has 0 aromatic heterocycles. The molecule has 0 aliphatic heterocycles. The van der Waals surface area contributed by atoms with Crippen molar-refractivity contribution >= 4 is 101 Å². The van der Waals surface area contributed by atoms with Gasteiger partial charge in [-0.1, -0.05) is 0 Å². The summed E-state index contributed by atoms with van der Waals surface area (Å²) in [5.74, 6) is 0. The summed E-state index contributed by atoms with van der Waals surface area (Å²) in [7, 11) is -60.9. The second kappa shape index (κ2) is 66.8. The van der Waals surface area contributed by atoms with Gasteiger partial charge in [-0.2, -0.15) is 169 Å². The Labute approximate surface area is 626 Å². The van der Waals surface area contributed by atoms with Crippen LogP contribution < -0.4 is 0 Å². The predicted octanol–water partition coefficient (Wildman–Crippen LogP) is 4.21. The summed E-state index contributed by atoms with van der Waals surface area (Å²) in [6.45, 7) is 10.0. The van der Waals surface area contributed by atoms with Crippen molar-refractivity contribution in [2.45, 2.75) is 104 Å². The van der Waals surface area contributed by atoms with E-state index in [9.17, 15) is 132 Å². The van der Waals surface area contributed by atoms with Crippen LogP contribution in [-0.4, -0.2) is 185 Å². The molecule has 0 saturated heterocycles. The van der Waals surface area contributed by atoms with Gasteiger partial charge in [-0.05, 0) is 0 Å². The van der Waals surface area contributed by atoms with Gasteiger partial charge in [-0.3, -0.25) is 0 Å². The minimum absolute atomic E-state index is 0. The van der Waals surface area contributed by atoms with Crippen molar-refractivity contribution in [3.63, 3.8) is 0 Å². The van der Waals surface area contributed by atoms with Gasteiger partial charge >= 0.3 is 140 Å². The van der Waals surface area contributed by atoms with Gasteiger partial charge in [0.25, 0.3) is 0 Å². The molecule has 0 aromatic rings. The summed E-state index contributed by atoms with van der Waals surface area (Å²) in [6, 6.07) is 12.2. The molecule has 0 radical (unpaired) electrons. The Morgan fingerprint density at radius 2 is 0.170 bits per heavy atom. The van der Waals surface area contributed by atoms with E-state index in [1.54, 1.807) is 42.5 Å². The maximum Gasteiger partial charge on any atom is 2.00 e. The van der Waals surface area contributed by atoms with Gasteiger partial charge < -0.3 is 45.5 Å². The predicted molar refractivity (Wildman–Crippen MR) is 237 cm³/mol. The van der Waals surface area contributed by atoms with Gasteiger partial charge in [0.1, 0.15) is 0 Å². The zero-order chi connectivity index (χ0) is 88.9. The minimum atomic E-state index is -6.09. The zero-order valence-corrected chi connectivity index (χ0v) is 61.8. The van der Waals surface area contributed by atoms with E-state index >= 15 is 0 Å². The molecular formula is C24H21F30Fe5N7O30S10. The second-order valence-electron chi connectivity index (χ2n) is 10.6. The van der Waals surface area contributed by atoms with E-state index in [1.807, 2.05) is 0 Å². The normalized spacial score (nSPS) is 11.1. The Morgan fingerprint density at radius 3 is 0.170 bits per heavy atom. The van der Waals surface area contributed by atoms with E-state index in [2.05, 4.69) is 0 Å². The van der Waals surface area contributed by atoms with Crippen LogP contribution in [0.25, 0.3) is 0 Å². The van der Waals surface area contributed by atoms with Crippen LogP contribution in [0.1, 0.15) is 48.5 Å². The fraction of sp³-hybridized carbons (Fsp3) is 0.708. The molecule has 0 aliphatic carbocycles. The first-order valence-electron chi connectivity index (χ1n) is 17.8. The SMILES string of the molecule is CC#N.CC#N.CC#N.CC#N.CC#N.CC#N.CC#N.O=S(=O)([O-])C(F)(F)F.O=S(=O)([O-])C(F)(F)F.O=S(=O)([O-])C(F)(F)F.O=S(=O)([O-])C(F)(F)F.O=S(=O)([O-])C(F)(F)F.O=S(=O)([O-])C(F)(F)F.O=S(=O)([O-])C(F)(F)F.O=S(=O)([O-])C(F)(F)F.O=S(=O)([O-])C(F)(F)F.O=S(=O)([O-])C(F)(F)F.[Fe+2].[Fe+2].[Fe+2].[Fe+2].[Fe+2]. The van der Waals surface area contributed by atoms with Crippen LogP contribution >= 0.6 is 0 Å². The minimum Gasteiger partial charge on any atom is -0.741 e. The van der Waals surface area contributed by atoms with Crippen molar-refractivity contribution in [1.29, 1.82) is 36.8 Å². The Hall–Kier alpha value is -3.97. The summed E-state index contributed by atoms with van der Waals surface area (Å²) in [4.78, 5) is 0. The van der Waals surface area contributed by atoms with Crippen LogP contribution in [-0.2, 0) is 187 Å². The molecular weight excluding hydrogens is 2040 g/mol. The molecule has 0 spiro atoms. The number of hydrogen-bond acceptors (Lipinski definition) is 37. The van der Waals surface area contributed by atoms with E-state index in [0.29, 0.717) is 0 Å². The van der Waals surface area contributed by atoms with Crippen LogP contribution in [0.4, 0.5) is 132 Å². The third-order valence-corrected chi connectivity index (χ3v) is 8.50. The average molecular weight is 2060 g/mol. The van der Waals surface area contributed by atoms with E-state index in [0.717, 1.165) is 0 Å². The van der Waals surface area contributed by atoms with Gasteiger partial charge in [0.05, 0.1) is 42.5 Å². The maximum absolute atomic E-state index is 10.7. The largest absolute Gasteiger partial charge is 2.00 e. The standard InChI is InChI=1S/7C2H3N.10CHF3O3S.5Fe/c7*1-2-3;10*2-1(3,4)8(5,6)7;;;;;/h7*1H3;10*(H,5,6,7);;;;;/q;;;;;;;;;;;;;;;;;5*+2/p-10. The number of alkyl halides is 30. The van der Waals surface area contributed by atoms with Crippen molar-refractivity contribution in [1.82, 2.24) is 0 Å². The average Bonchev–Trinajstić information content (AvgIpc) is 3.24. The van der Waals surface area contributed by atoms with E-state index < -0.39 is 156 Å². The molecule has 0 bridgehead atoms. The third kappa shape index (κ3) is 133. The topological polar surface area (TPSA) is 739 Å². The fourth-order valence-electron chi connectivity index (χ4n) is 0. The molecule has 642 valence electrons. The van der Waals surface area contributed by atoms with E-state index in [1.165, 1.54) is 48.5 Å². The first-order chi connectivity index (χ1) is 42.4. The number of nitriles is 7. The summed E-state index contributed by atoms with van der Waals surface area (Å²) in [5, 5.41) is 51.2. The molecule has 0 N–H and O–H groups in total. The molecule has 0 fully saturated rings. The van der Waals surface area contributed by atoms with Gasteiger partial charge in [0.2, 0.25) is 0 Å². The van der Waals surface area contributed by atoms with Crippen molar-refractivity contribution in [3.05, 3.63) is 0 Å². The molecule has 37 nitrogen and oxygen atoms in total. The number of halogens is 30. The van der Waals surface area contributed by atoms with Crippen molar-refractivity contribution in [3.8, 4) is 42.5 Å². The second-order valence-corrected chi connectivity index (χ2v) is 24.3. The zero-order valence-electron chi connectivity index (χ0n) is 48.1. The summed E-state index contributed by atoms with van der Waals surface area (Å²) in [5.41, 5.74) is -56.5. The molecule has 0 amide bonds. The molecule has 0 aliphatic rings. The summed E-state index contributed by atoms with van der Waals surface area (Å²) < 4.78 is 589. The van der Waals surface area contributed by atoms with Crippen LogP contribution in [0.2, 0.25) is 0 Å². The van der Waals surface area contributed by atoms with Crippen molar-refractivity contribution < 1.29 is 347 Å². The summed E-state index contributed by atoms with van der Waals surface area (Å²) >= 11 is 0. The van der Waals surface area contributed by atoms with Crippen molar-refractivity contribution in [2.75, 3.05) is 0 Å². The third-order valence-electron chi connectivity index (χ3n) is 2.83. The van der Waals surface area contributed by atoms with Gasteiger partial charge in [-0.25, -0.2) is 84.2 Å². The van der Waals surface area contributed by atoms with Crippen LogP contribution in [0.5, 0.6) is 0 Å². The Kier molecular flexibility index (Phi) is 102. The number of rotatable bonds is 0. The van der Waals surface area contributed by atoms with Gasteiger partial charge in [0, 0.05) is 48.5 Å². The molecule has 82 heteroatoms. The first kappa shape index (κ1) is 163. The Balaban J connectivity index is -0.0000000357. The maximum atomic E-state index is 10.7. The Bertz CT molecular complexity index is 3030. The van der Waals surface area contributed by atoms with E-state index in [4.69, 9.17) is 167 Å². The number of hydrogen-bond donors (Lipinski definition) is 0. The molecule has 106 heavy (non-hydrogen) atoms. The molecule has 0 unspecified atom stereocenters. The molecule has 0 aromatic carbocycles. The van der Waals surface area contributed by atoms with Crippen LogP contribution in [0, 0.1) is 79.3 Å². The van der Waals surface area contributed by atoms with Gasteiger partial charge in [-0.15, -0.1) is 0 Å². The first-order valence-corrected chi connectivity index (χ1v) is 31.9.